The molecule has 7 heteroatoms. The van der Waals surface area contributed by atoms with Crippen molar-refractivity contribution in [2.24, 2.45) is 0 Å². The normalized spacial score (nSPS) is 12.1. The smallest absolute Gasteiger partial charge is 0.293 e. The molecule has 2 rings (SSSR count). The van der Waals surface area contributed by atoms with Gasteiger partial charge >= 0.3 is 0 Å². The van der Waals surface area contributed by atoms with Crippen LogP contribution in [0.4, 0.5) is 11.4 Å². The van der Waals surface area contributed by atoms with Crippen molar-refractivity contribution in [3.8, 4) is 0 Å². The summed E-state index contributed by atoms with van der Waals surface area (Å²) in [5.41, 5.74) is 2.15. The van der Waals surface area contributed by atoms with E-state index in [0.29, 0.717) is 10.7 Å². The molecule has 5 nitrogen and oxygen atoms in total. The first-order valence-electron chi connectivity index (χ1n) is 5.17. The van der Waals surface area contributed by atoms with Crippen LogP contribution >= 0.6 is 22.9 Å². The Labute approximate surface area is 113 Å². The van der Waals surface area contributed by atoms with Gasteiger partial charge in [0.05, 0.1) is 16.5 Å². The number of hydrogen-bond acceptors (Lipinski definition) is 5. The highest BCUT2D eigenvalue weighted by Gasteiger charge is 2.17. The van der Waals surface area contributed by atoms with Crippen molar-refractivity contribution < 1.29 is 4.92 Å². The molecule has 0 radical (unpaired) electrons. The van der Waals surface area contributed by atoms with Crippen LogP contribution in [0.5, 0.6) is 0 Å². The minimum Gasteiger partial charge on any atom is -0.372 e. The number of nitro benzene ring substituents is 1. The van der Waals surface area contributed by atoms with Gasteiger partial charge in [0.25, 0.3) is 5.69 Å². The Morgan fingerprint density at radius 2 is 2.33 bits per heavy atom. The second kappa shape index (κ2) is 5.32. The molecule has 1 atom stereocenters. The van der Waals surface area contributed by atoms with Gasteiger partial charge < -0.3 is 5.32 Å². The number of nitrogens with zero attached hydrogens (tertiary/aromatic N) is 2. The molecular formula is C11H10ClN3O2S. The third-order valence-corrected chi connectivity index (χ3v) is 3.60. The maximum Gasteiger partial charge on any atom is 0.293 e. The number of aromatic nitrogens is 1. The summed E-state index contributed by atoms with van der Waals surface area (Å²) < 4.78 is 0. The van der Waals surface area contributed by atoms with Crippen molar-refractivity contribution in [3.05, 3.63) is 49.9 Å². The molecule has 0 aliphatic heterocycles. The first-order chi connectivity index (χ1) is 8.58. The van der Waals surface area contributed by atoms with E-state index < -0.39 is 4.92 Å². The van der Waals surface area contributed by atoms with Crippen LogP contribution in [0, 0.1) is 10.1 Å². The third-order valence-electron chi connectivity index (χ3n) is 2.41. The van der Waals surface area contributed by atoms with Crippen LogP contribution in [-0.2, 0) is 0 Å². The summed E-state index contributed by atoms with van der Waals surface area (Å²) >= 11 is 7.25. The zero-order valence-electron chi connectivity index (χ0n) is 9.46. The minimum atomic E-state index is -0.451. The summed E-state index contributed by atoms with van der Waals surface area (Å²) in [4.78, 5) is 15.5. The van der Waals surface area contributed by atoms with Crippen molar-refractivity contribution in [2.75, 3.05) is 5.32 Å². The Balaban J connectivity index is 2.26. The molecule has 1 aromatic carbocycles. The van der Waals surface area contributed by atoms with Gasteiger partial charge in [0.2, 0.25) is 0 Å². The van der Waals surface area contributed by atoms with E-state index in [2.05, 4.69) is 10.3 Å². The van der Waals surface area contributed by atoms with Crippen LogP contribution in [0.15, 0.2) is 29.9 Å². The molecule has 0 spiro atoms. The molecule has 1 aromatic heterocycles. The van der Waals surface area contributed by atoms with Gasteiger partial charge in [0.1, 0.15) is 5.69 Å². The molecule has 94 valence electrons. The molecule has 0 saturated carbocycles. The number of thiazole rings is 1. The molecule has 0 aliphatic rings. The van der Waals surface area contributed by atoms with Crippen molar-refractivity contribution in [3.63, 3.8) is 0 Å². The number of hydrogen-bond donors (Lipinski definition) is 1. The van der Waals surface area contributed by atoms with E-state index in [-0.39, 0.29) is 11.7 Å². The topological polar surface area (TPSA) is 68.1 Å². The summed E-state index contributed by atoms with van der Waals surface area (Å²) in [6.45, 7) is 1.92. The number of nitro groups is 1. The van der Waals surface area contributed by atoms with Crippen LogP contribution in [0.3, 0.4) is 0 Å². The molecule has 1 unspecified atom stereocenters. The fourth-order valence-electron chi connectivity index (χ4n) is 1.52. The number of anilines is 1. The highest BCUT2D eigenvalue weighted by molar-refractivity contribution is 7.09. The number of rotatable bonds is 4. The quantitative estimate of drug-likeness (QED) is 0.683. The van der Waals surface area contributed by atoms with Crippen molar-refractivity contribution >= 4 is 34.3 Å². The van der Waals surface area contributed by atoms with E-state index in [0.717, 1.165) is 4.88 Å². The largest absolute Gasteiger partial charge is 0.372 e. The summed E-state index contributed by atoms with van der Waals surface area (Å²) in [6, 6.07) is 4.52. The van der Waals surface area contributed by atoms with Gasteiger partial charge in [0, 0.05) is 22.2 Å². The fraction of sp³-hybridized carbons (Fsp3) is 0.182. The predicted molar refractivity (Wildman–Crippen MR) is 72.3 cm³/mol. The van der Waals surface area contributed by atoms with Gasteiger partial charge in [-0.3, -0.25) is 15.1 Å². The second-order valence-corrected chi connectivity index (χ2v) is 5.04. The van der Waals surface area contributed by atoms with E-state index in [1.54, 1.807) is 23.8 Å². The van der Waals surface area contributed by atoms with E-state index >= 15 is 0 Å². The van der Waals surface area contributed by atoms with Gasteiger partial charge in [-0.2, -0.15) is 0 Å². The molecule has 0 aliphatic carbocycles. The molecule has 18 heavy (non-hydrogen) atoms. The molecule has 0 bridgehead atoms. The molecule has 0 amide bonds. The molecule has 2 aromatic rings. The van der Waals surface area contributed by atoms with E-state index in [4.69, 9.17) is 11.6 Å². The van der Waals surface area contributed by atoms with Crippen LogP contribution < -0.4 is 5.32 Å². The molecule has 1 N–H and O–H groups in total. The summed E-state index contributed by atoms with van der Waals surface area (Å²) in [7, 11) is 0. The summed E-state index contributed by atoms with van der Waals surface area (Å²) in [6.07, 6.45) is 1.74. The molecular weight excluding hydrogens is 274 g/mol. The van der Waals surface area contributed by atoms with Gasteiger partial charge in [-0.25, -0.2) is 0 Å². The van der Waals surface area contributed by atoms with Crippen molar-refractivity contribution in [1.82, 2.24) is 4.98 Å². The van der Waals surface area contributed by atoms with E-state index in [9.17, 15) is 10.1 Å². The van der Waals surface area contributed by atoms with Crippen molar-refractivity contribution in [2.45, 2.75) is 13.0 Å². The lowest BCUT2D eigenvalue weighted by atomic mass is 10.2. The summed E-state index contributed by atoms with van der Waals surface area (Å²) in [5, 5.41) is 14.4. The maximum atomic E-state index is 10.9. The van der Waals surface area contributed by atoms with Crippen molar-refractivity contribution in [1.29, 1.82) is 0 Å². The Morgan fingerprint density at radius 3 is 2.94 bits per heavy atom. The van der Waals surface area contributed by atoms with Crippen LogP contribution in [0.1, 0.15) is 17.8 Å². The Kier molecular flexibility index (Phi) is 3.78. The molecule has 1 heterocycles. The Morgan fingerprint density at radius 1 is 1.56 bits per heavy atom. The summed E-state index contributed by atoms with van der Waals surface area (Å²) in [5.74, 6) is 0. The average Bonchev–Trinajstić information content (AvgIpc) is 2.84. The second-order valence-electron chi connectivity index (χ2n) is 3.69. The Hall–Kier alpha value is -1.66. The zero-order valence-corrected chi connectivity index (χ0v) is 11.0. The minimum absolute atomic E-state index is 0.0288. The molecule has 0 saturated heterocycles. The lowest BCUT2D eigenvalue weighted by Crippen LogP contribution is -2.07. The van der Waals surface area contributed by atoms with Gasteiger partial charge in [-0.1, -0.05) is 11.6 Å². The number of nitrogens with one attached hydrogen (secondary N) is 1. The predicted octanol–water partition coefficient (Wildman–Crippen LogP) is 3.88. The van der Waals surface area contributed by atoms with Crippen LogP contribution in [0.25, 0.3) is 0 Å². The van der Waals surface area contributed by atoms with Crippen LogP contribution in [-0.4, -0.2) is 9.91 Å². The lowest BCUT2D eigenvalue weighted by molar-refractivity contribution is -0.384. The fourth-order valence-corrected chi connectivity index (χ4v) is 2.32. The SMILES string of the molecule is CC(Nc1ccc(Cl)cc1[N+](=O)[O-])c1cncs1. The highest BCUT2D eigenvalue weighted by atomic mass is 35.5. The molecule has 0 fully saturated rings. The van der Waals surface area contributed by atoms with E-state index in [1.807, 2.05) is 6.92 Å². The highest BCUT2D eigenvalue weighted by Crippen LogP contribution is 2.31. The number of halogens is 1. The first kappa shape index (κ1) is 12.8. The zero-order chi connectivity index (χ0) is 13.1. The van der Waals surface area contributed by atoms with Gasteiger partial charge in [0.15, 0.2) is 0 Å². The van der Waals surface area contributed by atoms with Crippen LogP contribution in [0.2, 0.25) is 5.02 Å². The maximum absolute atomic E-state index is 10.9. The third kappa shape index (κ3) is 2.77. The average molecular weight is 284 g/mol. The van der Waals surface area contributed by atoms with Gasteiger partial charge in [-0.05, 0) is 19.1 Å². The van der Waals surface area contributed by atoms with Gasteiger partial charge in [-0.15, -0.1) is 11.3 Å². The number of benzene rings is 1. The standard InChI is InChI=1S/C11H10ClN3O2S/c1-7(11-5-13-6-18-11)14-9-3-2-8(12)4-10(9)15(16)17/h2-7,14H,1H3. The Bertz CT molecular complexity index is 559. The monoisotopic (exact) mass is 283 g/mol. The van der Waals surface area contributed by atoms with E-state index in [1.165, 1.54) is 17.4 Å². The lowest BCUT2D eigenvalue weighted by Gasteiger charge is -2.13. The first-order valence-corrected chi connectivity index (χ1v) is 6.42.